The molecule has 6 nitrogen and oxygen atoms in total. The minimum Gasteiger partial charge on any atom is -0.496 e. The van der Waals surface area contributed by atoms with Gasteiger partial charge in [-0.25, -0.2) is 0 Å². The number of carbonyl (C=O) groups excluding carboxylic acids is 2. The molecule has 1 aromatic carbocycles. The summed E-state index contributed by atoms with van der Waals surface area (Å²) in [6, 6.07) is 5.56. The molecule has 2 fully saturated rings. The first-order valence-electron chi connectivity index (χ1n) is 9.31. The molecule has 2 aliphatic heterocycles. The van der Waals surface area contributed by atoms with Gasteiger partial charge in [0.05, 0.1) is 13.7 Å². The zero-order valence-electron chi connectivity index (χ0n) is 15.7. The molecule has 1 aromatic rings. The zero-order chi connectivity index (χ0) is 18.7. The van der Waals surface area contributed by atoms with Crippen molar-refractivity contribution in [2.24, 2.45) is 5.41 Å². The van der Waals surface area contributed by atoms with Crippen LogP contribution in [0.5, 0.6) is 5.75 Å². The van der Waals surface area contributed by atoms with Crippen LogP contribution >= 0.6 is 0 Å². The highest BCUT2D eigenvalue weighted by Gasteiger charge is 2.42. The van der Waals surface area contributed by atoms with Gasteiger partial charge in [-0.2, -0.15) is 0 Å². The van der Waals surface area contributed by atoms with Crippen molar-refractivity contribution in [1.82, 2.24) is 9.80 Å². The van der Waals surface area contributed by atoms with Gasteiger partial charge in [-0.15, -0.1) is 0 Å². The van der Waals surface area contributed by atoms with Gasteiger partial charge in [-0.1, -0.05) is 6.07 Å². The van der Waals surface area contributed by atoms with Gasteiger partial charge in [0.2, 0.25) is 5.91 Å². The summed E-state index contributed by atoms with van der Waals surface area (Å²) in [5.74, 6) is 0.864. The lowest BCUT2D eigenvalue weighted by Gasteiger charge is -2.48. The van der Waals surface area contributed by atoms with E-state index >= 15 is 0 Å². The topological polar surface area (TPSA) is 70.1 Å². The van der Waals surface area contributed by atoms with Gasteiger partial charge in [0.1, 0.15) is 5.75 Å². The van der Waals surface area contributed by atoms with Gasteiger partial charge in [-0.3, -0.25) is 9.59 Å². The van der Waals surface area contributed by atoms with Crippen LogP contribution in [-0.4, -0.2) is 66.6 Å². The molecule has 142 valence electrons. The van der Waals surface area contributed by atoms with Crippen molar-refractivity contribution in [3.63, 3.8) is 0 Å². The molecule has 0 aliphatic carbocycles. The van der Waals surface area contributed by atoms with Gasteiger partial charge in [0.25, 0.3) is 5.91 Å². The Morgan fingerprint density at radius 3 is 2.85 bits per heavy atom. The Bertz CT molecular complexity index is 690. The first kappa shape index (κ1) is 18.7. The van der Waals surface area contributed by atoms with E-state index in [1.54, 1.807) is 12.0 Å². The highest BCUT2D eigenvalue weighted by Crippen LogP contribution is 2.39. The Balaban J connectivity index is 1.78. The lowest BCUT2D eigenvalue weighted by molar-refractivity contribution is -0.139. The third-order valence-electron chi connectivity index (χ3n) is 5.80. The van der Waals surface area contributed by atoms with Crippen molar-refractivity contribution in [1.29, 1.82) is 0 Å². The summed E-state index contributed by atoms with van der Waals surface area (Å²) >= 11 is 0. The number of ether oxygens (including phenoxy) is 1. The molecule has 2 aliphatic rings. The van der Waals surface area contributed by atoms with E-state index in [9.17, 15) is 14.7 Å². The van der Waals surface area contributed by atoms with Crippen LogP contribution in [0, 0.1) is 12.3 Å². The minimum absolute atomic E-state index is 0.0204. The van der Waals surface area contributed by atoms with E-state index in [1.807, 2.05) is 30.0 Å². The molecular weight excluding hydrogens is 332 g/mol. The lowest BCUT2D eigenvalue weighted by atomic mass is 9.73. The maximum atomic E-state index is 13.1. The van der Waals surface area contributed by atoms with Crippen molar-refractivity contribution in [2.75, 3.05) is 39.9 Å². The van der Waals surface area contributed by atoms with Crippen molar-refractivity contribution in [3.05, 3.63) is 29.3 Å². The van der Waals surface area contributed by atoms with E-state index in [0.29, 0.717) is 31.6 Å². The van der Waals surface area contributed by atoms with Crippen LogP contribution in [0.4, 0.5) is 0 Å². The van der Waals surface area contributed by atoms with E-state index in [-0.39, 0.29) is 23.8 Å². The van der Waals surface area contributed by atoms with Crippen LogP contribution in [0.15, 0.2) is 18.2 Å². The van der Waals surface area contributed by atoms with Gasteiger partial charge < -0.3 is 19.6 Å². The third-order valence-corrected chi connectivity index (χ3v) is 5.80. The number of piperidine rings is 2. The standard InChI is InChI=1S/C20H28N2O4/c1-15-16(5-3-6-17(15)26-2)19(25)22-10-4-8-20(14-22)9-7-18(24)21(13-20)11-12-23/h3,5-6,23H,4,7-14H2,1-2H3/t20-/m1/s1. The molecule has 2 heterocycles. The number of methoxy groups -OCH3 is 1. The molecule has 6 heteroatoms. The van der Waals surface area contributed by atoms with Gasteiger partial charge >= 0.3 is 0 Å². The number of hydrogen-bond donors (Lipinski definition) is 1. The molecular formula is C20H28N2O4. The van der Waals surface area contributed by atoms with Crippen molar-refractivity contribution < 1.29 is 19.4 Å². The normalized spacial score (nSPS) is 23.4. The third kappa shape index (κ3) is 3.56. The summed E-state index contributed by atoms with van der Waals surface area (Å²) in [7, 11) is 1.61. The predicted octanol–water partition coefficient (Wildman–Crippen LogP) is 1.84. The van der Waals surface area contributed by atoms with Gasteiger partial charge in [-0.05, 0) is 38.3 Å². The fourth-order valence-corrected chi connectivity index (χ4v) is 4.38. The number of aliphatic hydroxyl groups is 1. The van der Waals surface area contributed by atoms with Crippen LogP contribution in [0.3, 0.4) is 0 Å². The number of rotatable bonds is 4. The summed E-state index contributed by atoms with van der Waals surface area (Å²) in [6.07, 6.45) is 3.27. The number of carbonyl (C=O) groups is 2. The number of likely N-dealkylation sites (tertiary alicyclic amines) is 2. The summed E-state index contributed by atoms with van der Waals surface area (Å²) in [4.78, 5) is 28.9. The van der Waals surface area contributed by atoms with E-state index in [1.165, 1.54) is 0 Å². The second-order valence-corrected chi connectivity index (χ2v) is 7.50. The number of benzene rings is 1. The average molecular weight is 360 g/mol. The molecule has 0 radical (unpaired) electrons. The molecule has 1 atom stereocenters. The van der Waals surface area contributed by atoms with Crippen molar-refractivity contribution in [3.8, 4) is 5.75 Å². The monoisotopic (exact) mass is 360 g/mol. The second-order valence-electron chi connectivity index (χ2n) is 7.50. The SMILES string of the molecule is COc1cccc(C(=O)N2CCC[C@]3(CCC(=O)N(CCO)C3)C2)c1C. The Morgan fingerprint density at radius 1 is 1.31 bits per heavy atom. The van der Waals surface area contributed by atoms with Crippen LogP contribution in [0.2, 0.25) is 0 Å². The fraction of sp³-hybridized carbons (Fsp3) is 0.600. The largest absolute Gasteiger partial charge is 0.496 e. The Kier molecular flexibility index (Phi) is 5.51. The summed E-state index contributed by atoms with van der Waals surface area (Å²) in [5.41, 5.74) is 1.49. The molecule has 2 saturated heterocycles. The molecule has 1 N–H and O–H groups in total. The van der Waals surface area contributed by atoms with Crippen molar-refractivity contribution >= 4 is 11.8 Å². The van der Waals surface area contributed by atoms with Crippen LogP contribution in [-0.2, 0) is 4.79 Å². The van der Waals surface area contributed by atoms with Crippen LogP contribution < -0.4 is 4.74 Å². The molecule has 0 aromatic heterocycles. The molecule has 3 rings (SSSR count). The highest BCUT2D eigenvalue weighted by molar-refractivity contribution is 5.96. The van der Waals surface area contributed by atoms with Crippen LogP contribution in [0.25, 0.3) is 0 Å². The number of amides is 2. The summed E-state index contributed by atoms with van der Waals surface area (Å²) < 4.78 is 5.35. The molecule has 0 bridgehead atoms. The highest BCUT2D eigenvalue weighted by atomic mass is 16.5. The fourth-order valence-electron chi connectivity index (χ4n) is 4.38. The zero-order valence-corrected chi connectivity index (χ0v) is 15.7. The smallest absolute Gasteiger partial charge is 0.254 e. The van der Waals surface area contributed by atoms with Gasteiger partial charge in [0.15, 0.2) is 0 Å². The molecule has 1 spiro atoms. The molecule has 0 saturated carbocycles. The summed E-state index contributed by atoms with van der Waals surface area (Å²) in [6.45, 7) is 4.31. The first-order chi connectivity index (χ1) is 12.5. The number of nitrogens with zero attached hydrogens (tertiary/aromatic N) is 2. The van der Waals surface area contributed by atoms with E-state index in [2.05, 4.69) is 0 Å². The lowest BCUT2D eigenvalue weighted by Crippen LogP contribution is -2.55. The average Bonchev–Trinajstić information content (AvgIpc) is 2.65. The molecule has 0 unspecified atom stereocenters. The summed E-state index contributed by atoms with van der Waals surface area (Å²) in [5, 5.41) is 9.22. The van der Waals surface area contributed by atoms with E-state index in [0.717, 1.165) is 37.1 Å². The van der Waals surface area contributed by atoms with E-state index in [4.69, 9.17) is 4.74 Å². The second kappa shape index (κ2) is 7.66. The van der Waals surface area contributed by atoms with E-state index < -0.39 is 0 Å². The number of hydrogen-bond acceptors (Lipinski definition) is 4. The van der Waals surface area contributed by atoms with Crippen molar-refractivity contribution in [2.45, 2.75) is 32.6 Å². The number of β-amino-alcohol motifs (C(OH)–C–C–N with tert-alkyl or cyclic N) is 1. The number of aliphatic hydroxyl groups excluding tert-OH is 1. The van der Waals surface area contributed by atoms with Gasteiger partial charge in [0, 0.05) is 49.1 Å². The maximum Gasteiger partial charge on any atom is 0.254 e. The molecule has 2 amide bonds. The predicted molar refractivity (Wildman–Crippen MR) is 98.2 cm³/mol. The Labute approximate surface area is 154 Å². The Hall–Kier alpha value is -2.08. The minimum atomic E-state index is -0.0518. The van der Waals surface area contributed by atoms with Crippen LogP contribution in [0.1, 0.15) is 41.6 Å². The quantitative estimate of drug-likeness (QED) is 0.889. The first-order valence-corrected chi connectivity index (χ1v) is 9.31. The Morgan fingerprint density at radius 2 is 2.12 bits per heavy atom. The maximum absolute atomic E-state index is 13.1. The molecule has 26 heavy (non-hydrogen) atoms.